The van der Waals surface area contributed by atoms with Crippen molar-refractivity contribution in [3.8, 4) is 0 Å². The van der Waals surface area contributed by atoms with Crippen molar-refractivity contribution in [2.75, 3.05) is 11.1 Å². The summed E-state index contributed by atoms with van der Waals surface area (Å²) in [5.74, 6) is 0.215. The zero-order chi connectivity index (χ0) is 18.4. The van der Waals surface area contributed by atoms with Gasteiger partial charge in [0, 0.05) is 20.5 Å². The Morgan fingerprint density at radius 2 is 1.54 bits per heavy atom. The van der Waals surface area contributed by atoms with Crippen LogP contribution in [0.3, 0.4) is 0 Å². The molecule has 0 spiro atoms. The number of amides is 1. The standard InChI is InChI=1S/C21H16BrNO2S/c22-18-11-4-5-12-19(18)23-21(25)16-9-6-10-17(13-16)26-14-20(24)15-7-2-1-3-8-15/h1-13H,14H2,(H,23,25). The number of anilines is 1. The van der Waals surface area contributed by atoms with Crippen molar-refractivity contribution in [3.63, 3.8) is 0 Å². The fourth-order valence-electron chi connectivity index (χ4n) is 2.34. The molecule has 0 heterocycles. The molecule has 3 nitrogen and oxygen atoms in total. The average molecular weight is 426 g/mol. The topological polar surface area (TPSA) is 46.2 Å². The maximum absolute atomic E-state index is 12.5. The highest BCUT2D eigenvalue weighted by Crippen LogP contribution is 2.24. The van der Waals surface area contributed by atoms with Gasteiger partial charge in [0.15, 0.2) is 5.78 Å². The van der Waals surface area contributed by atoms with Gasteiger partial charge < -0.3 is 5.32 Å². The van der Waals surface area contributed by atoms with Gasteiger partial charge in [-0.05, 0) is 46.3 Å². The number of carbonyl (C=O) groups excluding carboxylic acids is 2. The SMILES string of the molecule is O=C(CSc1cccc(C(=O)Nc2ccccc2Br)c1)c1ccccc1. The minimum absolute atomic E-state index is 0.0682. The van der Waals surface area contributed by atoms with E-state index in [9.17, 15) is 9.59 Å². The zero-order valence-electron chi connectivity index (χ0n) is 13.8. The van der Waals surface area contributed by atoms with Crippen LogP contribution in [-0.2, 0) is 0 Å². The van der Waals surface area contributed by atoms with E-state index in [4.69, 9.17) is 0 Å². The Kier molecular flexibility index (Phi) is 6.26. The van der Waals surface area contributed by atoms with E-state index in [0.717, 1.165) is 15.1 Å². The molecule has 0 aromatic heterocycles. The number of rotatable bonds is 6. The molecule has 130 valence electrons. The highest BCUT2D eigenvalue weighted by atomic mass is 79.9. The summed E-state index contributed by atoms with van der Waals surface area (Å²) >= 11 is 4.84. The van der Waals surface area contributed by atoms with Gasteiger partial charge in [0.1, 0.15) is 0 Å². The maximum atomic E-state index is 12.5. The molecule has 1 N–H and O–H groups in total. The molecule has 0 saturated heterocycles. The third kappa shape index (κ3) is 4.84. The van der Waals surface area contributed by atoms with Crippen molar-refractivity contribution in [1.82, 2.24) is 0 Å². The van der Waals surface area contributed by atoms with Crippen molar-refractivity contribution in [1.29, 1.82) is 0 Å². The first kappa shape index (κ1) is 18.4. The van der Waals surface area contributed by atoms with Crippen LogP contribution in [0.15, 0.2) is 88.2 Å². The third-order valence-electron chi connectivity index (χ3n) is 3.68. The fourth-order valence-corrected chi connectivity index (χ4v) is 3.57. The van der Waals surface area contributed by atoms with Crippen molar-refractivity contribution < 1.29 is 9.59 Å². The van der Waals surface area contributed by atoms with Crippen LogP contribution in [0.2, 0.25) is 0 Å². The van der Waals surface area contributed by atoms with Crippen LogP contribution in [0, 0.1) is 0 Å². The molecule has 0 aliphatic heterocycles. The molecular weight excluding hydrogens is 410 g/mol. The molecule has 0 aliphatic rings. The largest absolute Gasteiger partial charge is 0.321 e. The van der Waals surface area contributed by atoms with Crippen LogP contribution >= 0.6 is 27.7 Å². The van der Waals surface area contributed by atoms with Crippen molar-refractivity contribution in [3.05, 3.63) is 94.5 Å². The molecule has 0 atom stereocenters. The van der Waals surface area contributed by atoms with Gasteiger partial charge in [-0.1, -0.05) is 48.5 Å². The number of thioether (sulfide) groups is 1. The first-order valence-corrected chi connectivity index (χ1v) is 9.78. The lowest BCUT2D eigenvalue weighted by molar-refractivity contribution is 0.101. The minimum Gasteiger partial charge on any atom is -0.321 e. The Morgan fingerprint density at radius 1 is 0.846 bits per heavy atom. The Bertz CT molecular complexity index is 928. The second-order valence-electron chi connectivity index (χ2n) is 5.54. The summed E-state index contributed by atoms with van der Waals surface area (Å²) in [6.07, 6.45) is 0. The lowest BCUT2D eigenvalue weighted by Gasteiger charge is -2.08. The predicted molar refractivity (Wildman–Crippen MR) is 110 cm³/mol. The van der Waals surface area contributed by atoms with Crippen LogP contribution in [0.4, 0.5) is 5.69 Å². The lowest BCUT2D eigenvalue weighted by atomic mass is 10.2. The zero-order valence-corrected chi connectivity index (χ0v) is 16.2. The maximum Gasteiger partial charge on any atom is 0.255 e. The molecule has 3 aromatic carbocycles. The Balaban J connectivity index is 1.65. The van der Waals surface area contributed by atoms with Crippen LogP contribution < -0.4 is 5.32 Å². The van der Waals surface area contributed by atoms with Gasteiger partial charge in [0.2, 0.25) is 0 Å². The second kappa shape index (κ2) is 8.83. The number of carbonyl (C=O) groups is 2. The molecule has 3 rings (SSSR count). The lowest BCUT2D eigenvalue weighted by Crippen LogP contribution is -2.12. The predicted octanol–water partition coefficient (Wildman–Crippen LogP) is 5.68. The van der Waals surface area contributed by atoms with Gasteiger partial charge in [0.25, 0.3) is 5.91 Å². The molecule has 0 unspecified atom stereocenters. The van der Waals surface area contributed by atoms with Gasteiger partial charge in [-0.15, -0.1) is 11.8 Å². The monoisotopic (exact) mass is 425 g/mol. The summed E-state index contributed by atoms with van der Waals surface area (Å²) in [7, 11) is 0. The van der Waals surface area contributed by atoms with E-state index in [2.05, 4.69) is 21.2 Å². The van der Waals surface area contributed by atoms with Gasteiger partial charge >= 0.3 is 0 Å². The second-order valence-corrected chi connectivity index (χ2v) is 7.44. The number of ketones is 1. The molecule has 0 bridgehead atoms. The van der Waals surface area contributed by atoms with Crippen molar-refractivity contribution in [2.24, 2.45) is 0 Å². The highest BCUT2D eigenvalue weighted by molar-refractivity contribution is 9.10. The van der Waals surface area contributed by atoms with Gasteiger partial charge in [-0.3, -0.25) is 9.59 Å². The van der Waals surface area contributed by atoms with Crippen molar-refractivity contribution >= 4 is 45.1 Å². The number of nitrogens with one attached hydrogen (secondary N) is 1. The molecule has 1 amide bonds. The number of benzene rings is 3. The average Bonchev–Trinajstić information content (AvgIpc) is 2.69. The molecule has 5 heteroatoms. The summed E-state index contributed by atoms with van der Waals surface area (Å²) in [5, 5.41) is 2.88. The van der Waals surface area contributed by atoms with Gasteiger partial charge in [0.05, 0.1) is 11.4 Å². The molecule has 0 aliphatic carbocycles. The van der Waals surface area contributed by atoms with E-state index in [1.165, 1.54) is 11.8 Å². The first-order chi connectivity index (χ1) is 12.6. The van der Waals surface area contributed by atoms with E-state index < -0.39 is 0 Å². The fraction of sp³-hybridized carbons (Fsp3) is 0.0476. The summed E-state index contributed by atoms with van der Waals surface area (Å²) in [5.41, 5.74) is 1.97. The number of Topliss-reactive ketones (excluding diaryl/α,β-unsaturated/α-hetero) is 1. The molecule has 0 radical (unpaired) electrons. The quantitative estimate of drug-likeness (QED) is 0.408. The normalized spacial score (nSPS) is 10.3. The Labute approximate surface area is 165 Å². The summed E-state index contributed by atoms with van der Waals surface area (Å²) < 4.78 is 0.826. The molecule has 3 aromatic rings. The van der Waals surface area contributed by atoms with Crippen LogP contribution in [0.1, 0.15) is 20.7 Å². The summed E-state index contributed by atoms with van der Waals surface area (Å²) in [6, 6.07) is 24.0. The summed E-state index contributed by atoms with van der Waals surface area (Å²) in [4.78, 5) is 25.6. The third-order valence-corrected chi connectivity index (χ3v) is 5.37. The molecule has 26 heavy (non-hydrogen) atoms. The molecule has 0 fully saturated rings. The van der Waals surface area contributed by atoms with Gasteiger partial charge in [-0.2, -0.15) is 0 Å². The van der Waals surface area contributed by atoms with Crippen LogP contribution in [0.5, 0.6) is 0 Å². The van der Waals surface area contributed by atoms with Crippen LogP contribution in [-0.4, -0.2) is 17.4 Å². The summed E-state index contributed by atoms with van der Waals surface area (Å²) in [6.45, 7) is 0. The van der Waals surface area contributed by atoms with E-state index in [-0.39, 0.29) is 11.7 Å². The van der Waals surface area contributed by atoms with E-state index in [0.29, 0.717) is 16.9 Å². The Hall–Kier alpha value is -2.37. The number of hydrogen-bond donors (Lipinski definition) is 1. The number of hydrogen-bond acceptors (Lipinski definition) is 3. The molecule has 0 saturated carbocycles. The number of halogens is 1. The number of para-hydroxylation sites is 1. The minimum atomic E-state index is -0.186. The van der Waals surface area contributed by atoms with Gasteiger partial charge in [-0.25, -0.2) is 0 Å². The van der Waals surface area contributed by atoms with Crippen molar-refractivity contribution in [2.45, 2.75) is 4.90 Å². The van der Waals surface area contributed by atoms with Crippen LogP contribution in [0.25, 0.3) is 0 Å². The highest BCUT2D eigenvalue weighted by Gasteiger charge is 2.10. The smallest absolute Gasteiger partial charge is 0.255 e. The Morgan fingerprint density at radius 3 is 2.31 bits per heavy atom. The first-order valence-electron chi connectivity index (χ1n) is 8.00. The van der Waals surface area contributed by atoms with E-state index in [1.807, 2.05) is 66.7 Å². The van der Waals surface area contributed by atoms with E-state index >= 15 is 0 Å². The van der Waals surface area contributed by atoms with E-state index in [1.54, 1.807) is 12.1 Å². The molecular formula is C21H16BrNO2S.